The summed E-state index contributed by atoms with van der Waals surface area (Å²) in [6.45, 7) is 1.45. The first-order valence-corrected chi connectivity index (χ1v) is 4.97. The van der Waals surface area contributed by atoms with Gasteiger partial charge >= 0.3 is 17.9 Å². The van der Waals surface area contributed by atoms with Gasteiger partial charge in [0.2, 0.25) is 0 Å². The van der Waals surface area contributed by atoms with Crippen molar-refractivity contribution in [2.24, 2.45) is 0 Å². The number of halogens is 3. The van der Waals surface area contributed by atoms with Gasteiger partial charge in [0.15, 0.2) is 0 Å². The van der Waals surface area contributed by atoms with Crippen molar-refractivity contribution in [2.45, 2.75) is 13.1 Å². The van der Waals surface area contributed by atoms with Gasteiger partial charge in [-0.25, -0.2) is 4.79 Å². The maximum absolute atomic E-state index is 12.7. The molecule has 0 unspecified atom stereocenters. The van der Waals surface area contributed by atoms with Crippen molar-refractivity contribution in [3.8, 4) is 0 Å². The van der Waals surface area contributed by atoms with E-state index < -0.39 is 29.0 Å². The number of hydrogen-bond donors (Lipinski definition) is 0. The van der Waals surface area contributed by atoms with Crippen LogP contribution in [-0.2, 0) is 15.7 Å². The molecule has 0 saturated heterocycles. The van der Waals surface area contributed by atoms with Crippen LogP contribution in [0.5, 0.6) is 0 Å². The number of hydrogen-bond acceptors (Lipinski definition) is 2. The van der Waals surface area contributed by atoms with Crippen molar-refractivity contribution in [3.05, 3.63) is 40.9 Å². The number of rotatable bonds is 3. The van der Waals surface area contributed by atoms with Gasteiger partial charge in [-0.3, -0.25) is 0 Å². The van der Waals surface area contributed by atoms with E-state index in [0.29, 0.717) is 0 Å². The SMILES string of the molecule is CCOC(=O)C(=[N+]=[N-])c1ccccc1C(F)(F)F. The number of esters is 1. The lowest BCUT2D eigenvalue weighted by Gasteiger charge is -2.09. The molecular weight excluding hydrogens is 249 g/mol. The Balaban J connectivity index is 3.32. The van der Waals surface area contributed by atoms with Gasteiger partial charge < -0.3 is 10.3 Å². The quantitative estimate of drug-likeness (QED) is 0.361. The predicted molar refractivity (Wildman–Crippen MR) is 55.8 cm³/mol. The van der Waals surface area contributed by atoms with Crippen LogP contribution in [0.4, 0.5) is 13.2 Å². The van der Waals surface area contributed by atoms with Crippen molar-refractivity contribution >= 4 is 11.7 Å². The third-order valence-electron chi connectivity index (χ3n) is 2.06. The number of ether oxygens (including phenoxy) is 1. The van der Waals surface area contributed by atoms with E-state index in [1.165, 1.54) is 19.1 Å². The summed E-state index contributed by atoms with van der Waals surface area (Å²) >= 11 is 0. The Morgan fingerprint density at radius 2 is 2.00 bits per heavy atom. The van der Waals surface area contributed by atoms with E-state index in [-0.39, 0.29) is 6.61 Å². The lowest BCUT2D eigenvalue weighted by molar-refractivity contribution is -0.140. The van der Waals surface area contributed by atoms with E-state index in [1.54, 1.807) is 0 Å². The van der Waals surface area contributed by atoms with Gasteiger partial charge in [-0.1, -0.05) is 12.1 Å². The maximum atomic E-state index is 12.7. The fraction of sp³-hybridized carbons (Fsp3) is 0.273. The molecule has 96 valence electrons. The van der Waals surface area contributed by atoms with E-state index in [9.17, 15) is 18.0 Å². The zero-order valence-corrected chi connectivity index (χ0v) is 9.36. The van der Waals surface area contributed by atoms with Crippen LogP contribution in [0, 0.1) is 0 Å². The zero-order chi connectivity index (χ0) is 13.8. The average molecular weight is 258 g/mol. The van der Waals surface area contributed by atoms with Gasteiger partial charge in [0.25, 0.3) is 0 Å². The normalized spacial score (nSPS) is 10.7. The molecule has 0 saturated carbocycles. The van der Waals surface area contributed by atoms with E-state index in [1.807, 2.05) is 0 Å². The molecule has 18 heavy (non-hydrogen) atoms. The molecule has 0 heterocycles. The van der Waals surface area contributed by atoms with Crippen molar-refractivity contribution in [1.82, 2.24) is 0 Å². The average Bonchev–Trinajstić information content (AvgIpc) is 2.29. The summed E-state index contributed by atoms with van der Waals surface area (Å²) in [5.41, 5.74) is 6.33. The highest BCUT2D eigenvalue weighted by molar-refractivity contribution is 6.41. The summed E-state index contributed by atoms with van der Waals surface area (Å²) in [5, 5.41) is 0. The van der Waals surface area contributed by atoms with Crippen LogP contribution in [0.15, 0.2) is 24.3 Å². The molecule has 0 aliphatic carbocycles. The third kappa shape index (κ3) is 2.95. The van der Waals surface area contributed by atoms with Gasteiger partial charge in [0.1, 0.15) is 0 Å². The molecule has 0 aliphatic rings. The molecule has 0 bridgehead atoms. The van der Waals surface area contributed by atoms with Crippen LogP contribution in [-0.4, -0.2) is 23.1 Å². The second kappa shape index (κ2) is 5.46. The zero-order valence-electron chi connectivity index (χ0n) is 9.36. The molecule has 0 fully saturated rings. The Morgan fingerprint density at radius 3 is 2.50 bits per heavy atom. The Bertz CT molecular complexity index is 505. The number of alkyl halides is 3. The number of carbonyl (C=O) groups is 1. The Morgan fingerprint density at radius 1 is 1.39 bits per heavy atom. The Kier molecular flexibility index (Phi) is 4.23. The van der Waals surface area contributed by atoms with Crippen LogP contribution in [0.3, 0.4) is 0 Å². The summed E-state index contributed by atoms with van der Waals surface area (Å²) in [7, 11) is 0. The van der Waals surface area contributed by atoms with Gasteiger partial charge in [0.05, 0.1) is 17.7 Å². The summed E-state index contributed by atoms with van der Waals surface area (Å²) in [6, 6.07) is 4.30. The summed E-state index contributed by atoms with van der Waals surface area (Å²) < 4.78 is 42.6. The lowest BCUT2D eigenvalue weighted by Crippen LogP contribution is -2.23. The second-order valence-corrected chi connectivity index (χ2v) is 3.21. The Hall–Kier alpha value is -2.14. The summed E-state index contributed by atoms with van der Waals surface area (Å²) in [6.07, 6.45) is -4.65. The Labute approximate surface area is 101 Å². The molecule has 1 aromatic rings. The first kappa shape index (κ1) is 13.9. The number of nitrogens with zero attached hydrogens (tertiary/aromatic N) is 2. The molecule has 0 aromatic heterocycles. The maximum Gasteiger partial charge on any atom is 0.422 e. The van der Waals surface area contributed by atoms with Crippen LogP contribution >= 0.6 is 0 Å². The highest BCUT2D eigenvalue weighted by atomic mass is 19.4. The first-order valence-electron chi connectivity index (χ1n) is 4.97. The van der Waals surface area contributed by atoms with Crippen molar-refractivity contribution in [1.29, 1.82) is 0 Å². The smallest absolute Gasteiger partial charge is 0.422 e. The number of benzene rings is 1. The largest absolute Gasteiger partial charge is 0.457 e. The first-order chi connectivity index (χ1) is 8.41. The standard InChI is InChI=1S/C11H9F3N2O2/c1-2-18-10(17)9(16-15)7-5-3-4-6-8(7)11(12,13)14/h3-6H,2H2,1H3. The van der Waals surface area contributed by atoms with Crippen molar-refractivity contribution in [3.63, 3.8) is 0 Å². The molecular formula is C11H9F3N2O2. The molecule has 0 atom stereocenters. The molecule has 4 nitrogen and oxygen atoms in total. The molecule has 0 spiro atoms. The fourth-order valence-electron chi connectivity index (χ4n) is 1.34. The highest BCUT2D eigenvalue weighted by Gasteiger charge is 2.38. The predicted octanol–water partition coefficient (Wildman–Crippen LogP) is 2.29. The van der Waals surface area contributed by atoms with Gasteiger partial charge in [-0.2, -0.15) is 18.0 Å². The minimum Gasteiger partial charge on any atom is -0.457 e. The van der Waals surface area contributed by atoms with Crippen LogP contribution in [0.2, 0.25) is 0 Å². The third-order valence-corrected chi connectivity index (χ3v) is 2.06. The molecule has 0 radical (unpaired) electrons. The van der Waals surface area contributed by atoms with E-state index in [4.69, 9.17) is 5.53 Å². The minimum absolute atomic E-state index is 0.0357. The van der Waals surface area contributed by atoms with Crippen molar-refractivity contribution in [2.75, 3.05) is 6.61 Å². The molecule has 0 N–H and O–H groups in total. The van der Waals surface area contributed by atoms with Crippen LogP contribution < -0.4 is 0 Å². The van der Waals surface area contributed by atoms with Gasteiger partial charge in [-0.05, 0) is 19.1 Å². The molecule has 1 aromatic carbocycles. The minimum atomic E-state index is -4.65. The highest BCUT2D eigenvalue weighted by Crippen LogP contribution is 2.32. The molecule has 1 rings (SSSR count). The van der Waals surface area contributed by atoms with Gasteiger partial charge in [-0.15, -0.1) is 0 Å². The topological polar surface area (TPSA) is 62.7 Å². The van der Waals surface area contributed by atoms with Crippen LogP contribution in [0.1, 0.15) is 18.1 Å². The lowest BCUT2D eigenvalue weighted by atomic mass is 10.0. The monoisotopic (exact) mass is 258 g/mol. The molecule has 0 aliphatic heterocycles. The summed E-state index contributed by atoms with van der Waals surface area (Å²) in [4.78, 5) is 14.0. The number of carbonyl (C=O) groups excluding carboxylic acids is 1. The molecule has 0 amide bonds. The van der Waals surface area contributed by atoms with Crippen LogP contribution in [0.25, 0.3) is 5.53 Å². The van der Waals surface area contributed by atoms with E-state index in [0.717, 1.165) is 12.1 Å². The summed E-state index contributed by atoms with van der Waals surface area (Å²) in [5.74, 6) is -1.11. The second-order valence-electron chi connectivity index (χ2n) is 3.21. The van der Waals surface area contributed by atoms with E-state index in [2.05, 4.69) is 9.53 Å². The fourth-order valence-corrected chi connectivity index (χ4v) is 1.34. The van der Waals surface area contributed by atoms with Gasteiger partial charge in [0, 0.05) is 0 Å². The van der Waals surface area contributed by atoms with E-state index >= 15 is 0 Å². The molecule has 7 heteroatoms. The van der Waals surface area contributed by atoms with Crippen molar-refractivity contribution < 1.29 is 27.5 Å².